The van der Waals surface area contributed by atoms with E-state index in [1.54, 1.807) is 7.11 Å². The van der Waals surface area contributed by atoms with Crippen molar-refractivity contribution >= 4 is 22.7 Å². The number of benzene rings is 2. The van der Waals surface area contributed by atoms with E-state index in [0.29, 0.717) is 43.3 Å². The maximum atomic E-state index is 13.0. The zero-order valence-electron chi connectivity index (χ0n) is 19.5. The number of amides is 2. The first-order chi connectivity index (χ1) is 16.0. The van der Waals surface area contributed by atoms with Crippen LogP contribution in [0.3, 0.4) is 0 Å². The number of nitrogens with one attached hydrogen (secondary N) is 1. The number of hydrogen-bond donors (Lipinski definition) is 1. The van der Waals surface area contributed by atoms with Crippen LogP contribution in [0.4, 0.5) is 0 Å². The standard InChI is InChI=1S/C27H31N3O3/c1-18(2)15-28-26(31)23-14-25(29-24-7-5-4-6-22(23)24)21-12-13-30(16-21)27(32)20-10-8-19(9-11-20)17-33-3/h4-11,14,18,21H,12-13,15-17H2,1-3H3,(H,28,31)/t21-/m0/s1. The fourth-order valence-electron chi connectivity index (χ4n) is 4.26. The van der Waals surface area contributed by atoms with Crippen molar-refractivity contribution in [2.24, 2.45) is 5.92 Å². The van der Waals surface area contributed by atoms with Crippen LogP contribution in [0.5, 0.6) is 0 Å². The van der Waals surface area contributed by atoms with Gasteiger partial charge in [0.05, 0.1) is 17.7 Å². The highest BCUT2D eigenvalue weighted by Gasteiger charge is 2.30. The molecule has 2 amide bonds. The van der Waals surface area contributed by atoms with Crippen LogP contribution < -0.4 is 5.32 Å². The molecule has 1 fully saturated rings. The zero-order valence-corrected chi connectivity index (χ0v) is 19.5. The molecular formula is C27H31N3O3. The number of methoxy groups -OCH3 is 1. The van der Waals surface area contributed by atoms with Gasteiger partial charge in [0.25, 0.3) is 11.8 Å². The summed E-state index contributed by atoms with van der Waals surface area (Å²) in [4.78, 5) is 32.7. The quantitative estimate of drug-likeness (QED) is 0.585. The number of likely N-dealkylation sites (tertiary alicyclic amines) is 1. The molecule has 4 rings (SSSR count). The maximum Gasteiger partial charge on any atom is 0.253 e. The molecule has 1 atom stereocenters. The molecule has 1 N–H and O–H groups in total. The molecular weight excluding hydrogens is 414 g/mol. The Hall–Kier alpha value is -3.25. The van der Waals surface area contributed by atoms with Gasteiger partial charge in [0, 0.05) is 49.3 Å². The number of carbonyl (C=O) groups excluding carboxylic acids is 2. The molecule has 0 bridgehead atoms. The van der Waals surface area contributed by atoms with E-state index in [1.807, 2.05) is 59.5 Å². The summed E-state index contributed by atoms with van der Waals surface area (Å²) in [6, 6.07) is 17.2. The Morgan fingerprint density at radius 3 is 2.64 bits per heavy atom. The number of rotatable bonds is 7. The lowest BCUT2D eigenvalue weighted by Crippen LogP contribution is -2.29. The van der Waals surface area contributed by atoms with Crippen molar-refractivity contribution in [3.05, 3.63) is 77.0 Å². The largest absolute Gasteiger partial charge is 0.380 e. The van der Waals surface area contributed by atoms with Gasteiger partial charge in [0.15, 0.2) is 0 Å². The first-order valence-electron chi connectivity index (χ1n) is 11.5. The zero-order chi connectivity index (χ0) is 23.4. The van der Waals surface area contributed by atoms with Crippen molar-refractivity contribution in [3.63, 3.8) is 0 Å². The van der Waals surface area contributed by atoms with Gasteiger partial charge in [0.1, 0.15) is 0 Å². The second-order valence-electron chi connectivity index (χ2n) is 9.08. The van der Waals surface area contributed by atoms with Gasteiger partial charge in [-0.3, -0.25) is 14.6 Å². The molecule has 33 heavy (non-hydrogen) atoms. The molecule has 1 aliphatic heterocycles. The van der Waals surface area contributed by atoms with Gasteiger partial charge in [-0.15, -0.1) is 0 Å². The highest BCUT2D eigenvalue weighted by Crippen LogP contribution is 2.30. The Balaban J connectivity index is 1.54. The van der Waals surface area contributed by atoms with Crippen molar-refractivity contribution in [2.75, 3.05) is 26.7 Å². The third kappa shape index (κ3) is 5.22. The molecule has 1 aliphatic rings. The Bertz CT molecular complexity index is 1140. The van der Waals surface area contributed by atoms with Crippen LogP contribution in [0.1, 0.15) is 58.2 Å². The molecule has 1 saturated heterocycles. The van der Waals surface area contributed by atoms with Crippen LogP contribution in [-0.2, 0) is 11.3 Å². The molecule has 2 heterocycles. The lowest BCUT2D eigenvalue weighted by molar-refractivity contribution is 0.0790. The molecule has 172 valence electrons. The van der Waals surface area contributed by atoms with E-state index in [1.165, 1.54) is 0 Å². The third-order valence-electron chi connectivity index (χ3n) is 6.06. The summed E-state index contributed by atoms with van der Waals surface area (Å²) < 4.78 is 5.14. The molecule has 2 aromatic carbocycles. The number of ether oxygens (including phenoxy) is 1. The Morgan fingerprint density at radius 2 is 1.91 bits per heavy atom. The lowest BCUT2D eigenvalue weighted by Gasteiger charge is -2.18. The SMILES string of the molecule is COCc1ccc(C(=O)N2CC[C@H](c3cc(C(=O)NCC(C)C)c4ccccc4n3)C2)cc1. The van der Waals surface area contributed by atoms with Gasteiger partial charge in [-0.1, -0.05) is 44.2 Å². The average molecular weight is 446 g/mol. The molecule has 1 aromatic heterocycles. The highest BCUT2D eigenvalue weighted by atomic mass is 16.5. The Morgan fingerprint density at radius 1 is 1.15 bits per heavy atom. The van der Waals surface area contributed by atoms with Crippen molar-refractivity contribution in [2.45, 2.75) is 32.8 Å². The van der Waals surface area contributed by atoms with Gasteiger partial charge < -0.3 is 15.0 Å². The van der Waals surface area contributed by atoms with E-state index in [0.717, 1.165) is 28.6 Å². The second-order valence-corrected chi connectivity index (χ2v) is 9.08. The molecule has 0 saturated carbocycles. The minimum atomic E-state index is -0.0781. The van der Waals surface area contributed by atoms with Crippen LogP contribution in [-0.4, -0.2) is 48.4 Å². The van der Waals surface area contributed by atoms with E-state index in [-0.39, 0.29) is 17.7 Å². The third-order valence-corrected chi connectivity index (χ3v) is 6.06. The first-order valence-corrected chi connectivity index (χ1v) is 11.5. The van der Waals surface area contributed by atoms with E-state index in [2.05, 4.69) is 19.2 Å². The minimum Gasteiger partial charge on any atom is -0.380 e. The van der Waals surface area contributed by atoms with E-state index in [4.69, 9.17) is 9.72 Å². The number of pyridine rings is 1. The number of para-hydroxylation sites is 1. The summed E-state index contributed by atoms with van der Waals surface area (Å²) in [6.45, 7) is 6.57. The van der Waals surface area contributed by atoms with Crippen LogP contribution >= 0.6 is 0 Å². The summed E-state index contributed by atoms with van der Waals surface area (Å²) >= 11 is 0. The van der Waals surface area contributed by atoms with Crippen LogP contribution in [0, 0.1) is 5.92 Å². The van der Waals surface area contributed by atoms with Crippen molar-refractivity contribution in [3.8, 4) is 0 Å². The number of fused-ring (bicyclic) bond motifs is 1. The van der Waals surface area contributed by atoms with Gasteiger partial charge in [0.2, 0.25) is 0 Å². The van der Waals surface area contributed by atoms with Crippen LogP contribution in [0.15, 0.2) is 54.6 Å². The van der Waals surface area contributed by atoms with E-state index >= 15 is 0 Å². The summed E-state index contributed by atoms with van der Waals surface area (Å²) in [5.41, 5.74) is 4.04. The van der Waals surface area contributed by atoms with Crippen LogP contribution in [0.25, 0.3) is 10.9 Å². The predicted molar refractivity (Wildman–Crippen MR) is 129 cm³/mol. The average Bonchev–Trinajstić information content (AvgIpc) is 3.32. The second kappa shape index (κ2) is 10.1. The summed E-state index contributed by atoms with van der Waals surface area (Å²) in [7, 11) is 1.66. The first kappa shape index (κ1) is 22.9. The molecule has 3 aromatic rings. The summed E-state index contributed by atoms with van der Waals surface area (Å²) in [6.07, 6.45) is 0.825. The van der Waals surface area contributed by atoms with Gasteiger partial charge >= 0.3 is 0 Å². The Kier molecular flexibility index (Phi) is 7.04. The van der Waals surface area contributed by atoms with Gasteiger partial charge in [-0.05, 0) is 42.2 Å². The normalized spacial score (nSPS) is 15.9. The Labute approximate surface area is 195 Å². The predicted octanol–water partition coefficient (Wildman–Crippen LogP) is 4.40. The summed E-state index contributed by atoms with van der Waals surface area (Å²) in [5, 5.41) is 3.88. The molecule has 0 spiro atoms. The van der Waals surface area contributed by atoms with Crippen molar-refractivity contribution in [1.29, 1.82) is 0 Å². The highest BCUT2D eigenvalue weighted by molar-refractivity contribution is 6.06. The fraction of sp³-hybridized carbons (Fsp3) is 0.370. The molecule has 6 nitrogen and oxygen atoms in total. The molecule has 0 aliphatic carbocycles. The molecule has 0 radical (unpaired) electrons. The topological polar surface area (TPSA) is 71.5 Å². The van der Waals surface area contributed by atoms with Crippen molar-refractivity contribution < 1.29 is 14.3 Å². The van der Waals surface area contributed by atoms with Crippen molar-refractivity contribution in [1.82, 2.24) is 15.2 Å². The van der Waals surface area contributed by atoms with Gasteiger partial charge in [-0.25, -0.2) is 0 Å². The minimum absolute atomic E-state index is 0.0251. The fourth-order valence-corrected chi connectivity index (χ4v) is 4.26. The van der Waals surface area contributed by atoms with E-state index in [9.17, 15) is 9.59 Å². The lowest BCUT2D eigenvalue weighted by atomic mass is 9.99. The number of carbonyl (C=O) groups is 2. The number of hydrogen-bond acceptors (Lipinski definition) is 4. The van der Waals surface area contributed by atoms with E-state index < -0.39 is 0 Å². The smallest absolute Gasteiger partial charge is 0.253 e. The summed E-state index contributed by atoms with van der Waals surface area (Å²) in [5.74, 6) is 0.422. The molecule has 0 unspecified atom stereocenters. The monoisotopic (exact) mass is 445 g/mol. The number of nitrogens with zero attached hydrogens (tertiary/aromatic N) is 2. The van der Waals surface area contributed by atoms with Crippen LogP contribution in [0.2, 0.25) is 0 Å². The molecule has 6 heteroatoms. The number of aromatic nitrogens is 1. The van der Waals surface area contributed by atoms with Gasteiger partial charge in [-0.2, -0.15) is 0 Å². The maximum absolute atomic E-state index is 13.0.